The minimum absolute atomic E-state index is 0.375. The molecule has 2 fully saturated rings. The smallest absolute Gasteiger partial charge is 0.327 e. The van der Waals surface area contributed by atoms with Crippen LogP contribution in [-0.4, -0.2) is 56.7 Å². The zero-order chi connectivity index (χ0) is 18.4. The quantitative estimate of drug-likeness (QED) is 0.603. The van der Waals surface area contributed by atoms with Crippen LogP contribution in [0.25, 0.3) is 0 Å². The number of nitrogens with zero attached hydrogens (tertiary/aromatic N) is 2. The molecule has 2 saturated heterocycles. The van der Waals surface area contributed by atoms with Gasteiger partial charge < -0.3 is 15.3 Å². The first kappa shape index (κ1) is 17.5. The van der Waals surface area contributed by atoms with Crippen molar-refractivity contribution in [3.8, 4) is 0 Å². The summed E-state index contributed by atoms with van der Waals surface area (Å²) in [6.07, 6.45) is 0. The third kappa shape index (κ3) is 2.80. The Morgan fingerprint density at radius 2 is 2.00 bits per heavy atom. The van der Waals surface area contributed by atoms with Crippen LogP contribution < -0.4 is 5.32 Å². The van der Waals surface area contributed by atoms with E-state index < -0.39 is 34.7 Å². The Labute approximate surface area is 149 Å². The molecule has 0 unspecified atom stereocenters. The summed E-state index contributed by atoms with van der Waals surface area (Å²) in [4.78, 5) is 41.7. The first-order valence-electron chi connectivity index (χ1n) is 7.82. The standard InChI is InChI=1S/C17H19N3O4S/c1-17(2)12(16(23)24)20-14(22)11(15(20)25-17)19-13(21)10(18-3)9-7-5-4-6-8-9/h4-8,10-12,15H,3H2,1-2H3,(H,19,21)(H,23,24)/t10-,11+,12+,15-/m0/s1. The van der Waals surface area contributed by atoms with Crippen molar-refractivity contribution in [2.24, 2.45) is 4.99 Å². The Hall–Kier alpha value is -2.35. The lowest BCUT2D eigenvalue weighted by Gasteiger charge is -2.43. The molecule has 3 rings (SSSR count). The Kier molecular flexibility index (Phi) is 4.32. The van der Waals surface area contributed by atoms with Gasteiger partial charge in [-0.3, -0.25) is 14.6 Å². The second kappa shape index (κ2) is 6.18. The number of hydrogen-bond acceptors (Lipinski definition) is 5. The van der Waals surface area contributed by atoms with Gasteiger partial charge in [-0.15, -0.1) is 11.8 Å². The lowest BCUT2D eigenvalue weighted by molar-refractivity contribution is -0.161. The SMILES string of the molecule is C=N[C@H](C(=O)N[C@@H]1C(=O)N2[C@H]1SC(C)(C)[C@H]2C(=O)O)c1ccccc1. The van der Waals surface area contributed by atoms with Crippen molar-refractivity contribution in [1.82, 2.24) is 10.2 Å². The molecule has 4 atom stereocenters. The summed E-state index contributed by atoms with van der Waals surface area (Å²) in [6.45, 7) is 7.05. The minimum atomic E-state index is -1.03. The van der Waals surface area contributed by atoms with Gasteiger partial charge in [-0.05, 0) is 26.1 Å². The minimum Gasteiger partial charge on any atom is -0.480 e. The average Bonchev–Trinajstić information content (AvgIpc) is 2.82. The van der Waals surface area contributed by atoms with Crippen molar-refractivity contribution >= 4 is 36.3 Å². The van der Waals surface area contributed by atoms with E-state index >= 15 is 0 Å². The highest BCUT2D eigenvalue weighted by atomic mass is 32.2. The van der Waals surface area contributed by atoms with Gasteiger partial charge in [0.15, 0.2) is 6.04 Å². The second-order valence-electron chi connectivity index (χ2n) is 6.58. The fourth-order valence-corrected chi connectivity index (χ4v) is 4.98. The fraction of sp³-hybridized carbons (Fsp3) is 0.412. The average molecular weight is 361 g/mol. The summed E-state index contributed by atoms with van der Waals surface area (Å²) >= 11 is 1.39. The first-order chi connectivity index (χ1) is 11.8. The van der Waals surface area contributed by atoms with Crippen molar-refractivity contribution in [2.75, 3.05) is 0 Å². The summed E-state index contributed by atoms with van der Waals surface area (Å²) in [7, 11) is 0. The van der Waals surface area contributed by atoms with E-state index in [0.717, 1.165) is 0 Å². The molecule has 0 radical (unpaired) electrons. The van der Waals surface area contributed by atoms with E-state index in [2.05, 4.69) is 17.0 Å². The maximum Gasteiger partial charge on any atom is 0.327 e. The van der Waals surface area contributed by atoms with Crippen molar-refractivity contribution in [3.63, 3.8) is 0 Å². The molecule has 0 aliphatic carbocycles. The largest absolute Gasteiger partial charge is 0.480 e. The van der Waals surface area contributed by atoms with E-state index in [9.17, 15) is 19.5 Å². The topological polar surface area (TPSA) is 99.1 Å². The number of aliphatic imine (C=N–C) groups is 1. The van der Waals surface area contributed by atoms with Gasteiger partial charge in [-0.2, -0.15) is 0 Å². The molecule has 8 heteroatoms. The third-order valence-electron chi connectivity index (χ3n) is 4.52. The molecule has 25 heavy (non-hydrogen) atoms. The summed E-state index contributed by atoms with van der Waals surface area (Å²) in [5.74, 6) is -1.83. The number of hydrogen-bond donors (Lipinski definition) is 2. The molecule has 2 aliphatic rings. The van der Waals surface area contributed by atoms with Gasteiger partial charge in [0.05, 0.1) is 0 Å². The zero-order valence-electron chi connectivity index (χ0n) is 13.9. The highest BCUT2D eigenvalue weighted by molar-refractivity contribution is 8.01. The molecular weight excluding hydrogens is 342 g/mol. The maximum atomic E-state index is 12.5. The van der Waals surface area contributed by atoms with Crippen molar-refractivity contribution in [2.45, 2.75) is 42.1 Å². The molecule has 7 nitrogen and oxygen atoms in total. The summed E-state index contributed by atoms with van der Waals surface area (Å²) < 4.78 is -0.624. The predicted octanol–water partition coefficient (Wildman–Crippen LogP) is 1.06. The van der Waals surface area contributed by atoms with E-state index in [1.165, 1.54) is 16.7 Å². The van der Waals surface area contributed by atoms with Gasteiger partial charge in [-0.25, -0.2) is 4.79 Å². The number of nitrogens with one attached hydrogen (secondary N) is 1. The third-order valence-corrected chi connectivity index (χ3v) is 6.09. The van der Waals surface area contributed by atoms with Gasteiger partial charge in [0.25, 0.3) is 0 Å². The van der Waals surface area contributed by atoms with Crippen LogP contribution in [-0.2, 0) is 14.4 Å². The van der Waals surface area contributed by atoms with E-state index in [-0.39, 0.29) is 11.3 Å². The zero-order valence-corrected chi connectivity index (χ0v) is 14.7. The van der Waals surface area contributed by atoms with E-state index in [4.69, 9.17) is 0 Å². The number of amides is 2. The number of thioether (sulfide) groups is 1. The summed E-state index contributed by atoms with van der Waals surface area (Å²) in [5, 5.41) is 11.7. The number of benzene rings is 1. The first-order valence-corrected chi connectivity index (χ1v) is 8.70. The number of fused-ring (bicyclic) bond motifs is 1. The molecule has 132 valence electrons. The highest BCUT2D eigenvalue weighted by Crippen LogP contribution is 2.50. The van der Waals surface area contributed by atoms with Gasteiger partial charge >= 0.3 is 5.97 Å². The van der Waals surface area contributed by atoms with Crippen molar-refractivity contribution in [3.05, 3.63) is 35.9 Å². The van der Waals surface area contributed by atoms with E-state index in [1.54, 1.807) is 38.1 Å². The number of β-lactam (4-membered cyclic amide) rings is 1. The molecule has 0 bridgehead atoms. The molecule has 0 saturated carbocycles. The number of carboxylic acid groups (broad SMARTS) is 1. The van der Waals surface area contributed by atoms with Gasteiger partial charge in [0, 0.05) is 4.75 Å². The Bertz CT molecular complexity index is 737. The molecule has 0 spiro atoms. The second-order valence-corrected chi connectivity index (χ2v) is 8.35. The summed E-state index contributed by atoms with van der Waals surface area (Å²) in [6, 6.07) is 6.51. The van der Waals surface area contributed by atoms with Gasteiger partial charge in [0.1, 0.15) is 17.5 Å². The van der Waals surface area contributed by atoms with Crippen LogP contribution in [0.4, 0.5) is 0 Å². The van der Waals surface area contributed by atoms with Crippen molar-refractivity contribution < 1.29 is 19.5 Å². The Morgan fingerprint density at radius 1 is 1.36 bits per heavy atom. The van der Waals surface area contributed by atoms with Crippen LogP contribution in [0.15, 0.2) is 35.3 Å². The maximum absolute atomic E-state index is 12.5. The van der Waals surface area contributed by atoms with Gasteiger partial charge in [0.2, 0.25) is 11.8 Å². The lowest BCUT2D eigenvalue weighted by Crippen LogP contribution is -2.70. The molecule has 2 heterocycles. The normalized spacial score (nSPS) is 27.8. The van der Waals surface area contributed by atoms with Crippen LogP contribution in [0, 0.1) is 0 Å². The van der Waals surface area contributed by atoms with Crippen LogP contribution >= 0.6 is 11.8 Å². The molecule has 2 N–H and O–H groups in total. The Morgan fingerprint density at radius 3 is 2.56 bits per heavy atom. The van der Waals surface area contributed by atoms with Crippen LogP contribution in [0.2, 0.25) is 0 Å². The van der Waals surface area contributed by atoms with E-state index in [1.807, 2.05) is 6.07 Å². The number of carbonyl (C=O) groups excluding carboxylic acids is 2. The molecule has 2 aliphatic heterocycles. The Balaban J connectivity index is 1.75. The van der Waals surface area contributed by atoms with E-state index in [0.29, 0.717) is 5.56 Å². The van der Waals surface area contributed by atoms with Gasteiger partial charge in [-0.1, -0.05) is 30.3 Å². The fourth-order valence-electron chi connectivity index (χ4n) is 3.35. The van der Waals surface area contributed by atoms with Crippen LogP contribution in [0.5, 0.6) is 0 Å². The monoisotopic (exact) mass is 361 g/mol. The summed E-state index contributed by atoms with van der Waals surface area (Å²) in [5.41, 5.74) is 0.682. The lowest BCUT2D eigenvalue weighted by atomic mass is 9.95. The van der Waals surface area contributed by atoms with Crippen LogP contribution in [0.3, 0.4) is 0 Å². The number of aliphatic carboxylic acids is 1. The number of carbonyl (C=O) groups is 3. The number of carboxylic acids is 1. The molecular formula is C17H19N3O4S. The number of rotatable bonds is 5. The predicted molar refractivity (Wildman–Crippen MR) is 94.4 cm³/mol. The van der Waals surface area contributed by atoms with Crippen LogP contribution in [0.1, 0.15) is 25.5 Å². The molecule has 1 aromatic carbocycles. The molecule has 0 aromatic heterocycles. The molecule has 1 aromatic rings. The highest BCUT2D eigenvalue weighted by Gasteiger charge is 2.64. The molecule has 2 amide bonds. The van der Waals surface area contributed by atoms with Crippen molar-refractivity contribution in [1.29, 1.82) is 0 Å².